The van der Waals surface area contributed by atoms with Gasteiger partial charge in [0.05, 0.1) is 24.6 Å². The Labute approximate surface area is 99.1 Å². The lowest BCUT2D eigenvalue weighted by Crippen LogP contribution is -2.21. The van der Waals surface area contributed by atoms with Crippen LogP contribution in [0.4, 0.5) is 4.39 Å². The zero-order valence-corrected chi connectivity index (χ0v) is 9.47. The van der Waals surface area contributed by atoms with Gasteiger partial charge in [-0.1, -0.05) is 5.16 Å². The summed E-state index contributed by atoms with van der Waals surface area (Å²) in [4.78, 5) is 3.77. The summed E-state index contributed by atoms with van der Waals surface area (Å²) in [6, 6.07) is 1.43. The summed E-state index contributed by atoms with van der Waals surface area (Å²) in [6.07, 6.45) is 6.17. The van der Waals surface area contributed by atoms with Gasteiger partial charge in [-0.2, -0.15) is 0 Å². The lowest BCUT2D eigenvalue weighted by molar-refractivity contribution is 0.0274. The van der Waals surface area contributed by atoms with Gasteiger partial charge >= 0.3 is 0 Å². The molecular formula is C12H15FN2O2. The first-order chi connectivity index (χ1) is 8.28. The Kier molecular flexibility index (Phi) is 4.03. The fraction of sp³-hybridized carbons (Fsp3) is 0.500. The second kappa shape index (κ2) is 5.72. The molecule has 0 radical (unpaired) electrons. The Morgan fingerprint density at radius 1 is 1.41 bits per heavy atom. The van der Waals surface area contributed by atoms with Crippen molar-refractivity contribution in [3.8, 4) is 0 Å². The average Bonchev–Trinajstić information content (AvgIpc) is 2.37. The number of nitrogens with zero attached hydrogens (tertiary/aromatic N) is 2. The maximum Gasteiger partial charge on any atom is 0.141 e. The molecule has 1 fully saturated rings. The molecule has 1 N–H and O–H groups in total. The van der Waals surface area contributed by atoms with Crippen molar-refractivity contribution < 1.29 is 14.3 Å². The molecule has 1 aromatic heterocycles. The van der Waals surface area contributed by atoms with Crippen LogP contribution >= 0.6 is 0 Å². The van der Waals surface area contributed by atoms with Crippen molar-refractivity contribution in [2.24, 2.45) is 5.16 Å². The predicted molar refractivity (Wildman–Crippen MR) is 60.5 cm³/mol. The van der Waals surface area contributed by atoms with Gasteiger partial charge in [0.15, 0.2) is 0 Å². The number of hydrogen-bond acceptors (Lipinski definition) is 4. The maximum absolute atomic E-state index is 12.9. The second-order valence-electron chi connectivity index (χ2n) is 4.19. The quantitative estimate of drug-likeness (QED) is 0.650. The Balaban J connectivity index is 1.79. The van der Waals surface area contributed by atoms with E-state index in [1.165, 1.54) is 12.3 Å². The molecular weight excluding hydrogens is 223 g/mol. The zero-order chi connectivity index (χ0) is 12.1. The monoisotopic (exact) mass is 238 g/mol. The van der Waals surface area contributed by atoms with Crippen LogP contribution in [0.3, 0.4) is 0 Å². The third kappa shape index (κ3) is 3.49. The van der Waals surface area contributed by atoms with E-state index in [1.807, 2.05) is 0 Å². The van der Waals surface area contributed by atoms with Crippen molar-refractivity contribution >= 4 is 5.71 Å². The summed E-state index contributed by atoms with van der Waals surface area (Å²) in [6.45, 7) is 0.376. The van der Waals surface area contributed by atoms with E-state index in [-0.39, 0.29) is 11.9 Å². The van der Waals surface area contributed by atoms with Crippen molar-refractivity contribution in [1.82, 2.24) is 4.98 Å². The first kappa shape index (κ1) is 12.0. The molecule has 0 aromatic carbocycles. The number of halogens is 1. The molecule has 0 atom stereocenters. The molecule has 1 aromatic rings. The van der Waals surface area contributed by atoms with E-state index < -0.39 is 0 Å². The second-order valence-corrected chi connectivity index (χ2v) is 4.19. The molecule has 1 saturated carbocycles. The number of oxime groups is 1. The van der Waals surface area contributed by atoms with Gasteiger partial charge in [0.25, 0.3) is 0 Å². The maximum atomic E-state index is 12.9. The van der Waals surface area contributed by atoms with Crippen LogP contribution in [-0.4, -0.2) is 22.0 Å². The fourth-order valence-corrected chi connectivity index (χ4v) is 1.94. The lowest BCUT2D eigenvalue weighted by Gasteiger charge is -2.22. The smallest absolute Gasteiger partial charge is 0.141 e. The van der Waals surface area contributed by atoms with Crippen LogP contribution in [0.1, 0.15) is 31.2 Å². The van der Waals surface area contributed by atoms with Crippen LogP contribution in [0.25, 0.3) is 0 Å². The highest BCUT2D eigenvalue weighted by Gasteiger charge is 2.18. The van der Waals surface area contributed by atoms with Crippen LogP contribution in [0, 0.1) is 5.82 Å². The van der Waals surface area contributed by atoms with Gasteiger partial charge in [-0.15, -0.1) is 0 Å². The van der Waals surface area contributed by atoms with Crippen molar-refractivity contribution in [1.29, 1.82) is 0 Å². The third-order valence-electron chi connectivity index (χ3n) is 2.90. The van der Waals surface area contributed by atoms with E-state index in [2.05, 4.69) is 10.1 Å². The van der Waals surface area contributed by atoms with Crippen LogP contribution in [0.15, 0.2) is 23.6 Å². The minimum Gasteiger partial charge on any atom is -0.411 e. The molecule has 2 rings (SSSR count). The molecule has 0 bridgehead atoms. The van der Waals surface area contributed by atoms with Crippen LogP contribution in [0.2, 0.25) is 0 Å². The van der Waals surface area contributed by atoms with Crippen LogP contribution < -0.4 is 0 Å². The van der Waals surface area contributed by atoms with Gasteiger partial charge in [0.2, 0.25) is 0 Å². The number of pyridine rings is 1. The van der Waals surface area contributed by atoms with Crippen molar-refractivity contribution in [3.05, 3.63) is 29.8 Å². The molecule has 5 heteroatoms. The summed E-state index contributed by atoms with van der Waals surface area (Å²) < 4.78 is 18.5. The van der Waals surface area contributed by atoms with Crippen molar-refractivity contribution in [2.75, 3.05) is 0 Å². The predicted octanol–water partition coefficient (Wildman–Crippen LogP) is 2.51. The zero-order valence-electron chi connectivity index (χ0n) is 9.47. The SMILES string of the molecule is ON=C1CCC(OCc2cncc(F)c2)CC1. The molecule has 4 nitrogen and oxygen atoms in total. The Morgan fingerprint density at radius 3 is 2.82 bits per heavy atom. The van der Waals surface area contributed by atoms with Gasteiger partial charge in [-0.25, -0.2) is 4.39 Å². The van der Waals surface area contributed by atoms with E-state index in [4.69, 9.17) is 9.94 Å². The standard InChI is InChI=1S/C12H15FN2O2/c13-10-5-9(6-14-7-10)8-17-12-3-1-11(15-16)2-4-12/h5-7,12,16H,1-4,8H2. The van der Waals surface area contributed by atoms with Gasteiger partial charge in [0.1, 0.15) is 5.82 Å². The molecule has 0 unspecified atom stereocenters. The largest absolute Gasteiger partial charge is 0.411 e. The first-order valence-electron chi connectivity index (χ1n) is 5.69. The van der Waals surface area contributed by atoms with Crippen molar-refractivity contribution in [2.45, 2.75) is 38.4 Å². The van der Waals surface area contributed by atoms with E-state index in [1.54, 1.807) is 6.20 Å². The number of aromatic nitrogens is 1. The average molecular weight is 238 g/mol. The highest BCUT2D eigenvalue weighted by Crippen LogP contribution is 2.20. The topological polar surface area (TPSA) is 54.7 Å². The molecule has 92 valence electrons. The summed E-state index contributed by atoms with van der Waals surface area (Å²) in [5.41, 5.74) is 1.57. The van der Waals surface area contributed by atoms with Gasteiger partial charge in [-0.3, -0.25) is 4.98 Å². The summed E-state index contributed by atoms with van der Waals surface area (Å²) in [5.74, 6) is -0.343. The molecule has 0 amide bonds. The number of ether oxygens (including phenoxy) is 1. The van der Waals surface area contributed by atoms with E-state index in [0.717, 1.165) is 37.0 Å². The minimum atomic E-state index is -0.343. The Hall–Kier alpha value is -1.49. The molecule has 0 saturated heterocycles. The highest BCUT2D eigenvalue weighted by molar-refractivity contribution is 5.84. The number of hydrogen-bond donors (Lipinski definition) is 1. The summed E-state index contributed by atoms with van der Waals surface area (Å²) in [7, 11) is 0. The Bertz CT molecular complexity index is 399. The summed E-state index contributed by atoms with van der Waals surface area (Å²) >= 11 is 0. The molecule has 0 spiro atoms. The number of rotatable bonds is 3. The lowest BCUT2D eigenvalue weighted by atomic mass is 9.96. The fourth-order valence-electron chi connectivity index (χ4n) is 1.94. The molecule has 1 aliphatic rings. The summed E-state index contributed by atoms with van der Waals surface area (Å²) in [5, 5.41) is 11.8. The normalized spacial score (nSPS) is 20.3. The van der Waals surface area contributed by atoms with E-state index >= 15 is 0 Å². The molecule has 17 heavy (non-hydrogen) atoms. The Morgan fingerprint density at radius 2 is 2.18 bits per heavy atom. The molecule has 1 aliphatic carbocycles. The minimum absolute atomic E-state index is 0.156. The van der Waals surface area contributed by atoms with Gasteiger partial charge in [0, 0.05) is 6.20 Å². The molecule has 0 aliphatic heterocycles. The van der Waals surface area contributed by atoms with E-state index in [0.29, 0.717) is 6.61 Å². The van der Waals surface area contributed by atoms with Crippen LogP contribution in [0.5, 0.6) is 0 Å². The van der Waals surface area contributed by atoms with E-state index in [9.17, 15) is 4.39 Å². The van der Waals surface area contributed by atoms with Gasteiger partial charge in [-0.05, 0) is 37.3 Å². The van der Waals surface area contributed by atoms with Crippen molar-refractivity contribution in [3.63, 3.8) is 0 Å². The molecule has 1 heterocycles. The highest BCUT2D eigenvalue weighted by atomic mass is 19.1. The third-order valence-corrected chi connectivity index (χ3v) is 2.90. The first-order valence-corrected chi connectivity index (χ1v) is 5.69. The van der Waals surface area contributed by atoms with Crippen LogP contribution in [-0.2, 0) is 11.3 Å². The van der Waals surface area contributed by atoms with Gasteiger partial charge < -0.3 is 9.94 Å².